The molecule has 1 aromatic heterocycles. The van der Waals surface area contributed by atoms with E-state index in [0.717, 1.165) is 10.5 Å². The van der Waals surface area contributed by atoms with Crippen molar-refractivity contribution in [1.29, 1.82) is 0 Å². The summed E-state index contributed by atoms with van der Waals surface area (Å²) < 4.78 is 0. The van der Waals surface area contributed by atoms with Crippen LogP contribution in [0.1, 0.15) is 24.1 Å². The van der Waals surface area contributed by atoms with Crippen molar-refractivity contribution in [3.63, 3.8) is 0 Å². The van der Waals surface area contributed by atoms with Crippen LogP contribution < -0.4 is 5.73 Å². The van der Waals surface area contributed by atoms with Crippen LogP contribution in [0.3, 0.4) is 0 Å². The smallest absolute Gasteiger partial charge is 0.0460 e. The fourth-order valence-corrected chi connectivity index (χ4v) is 2.24. The van der Waals surface area contributed by atoms with Crippen LogP contribution in [0.15, 0.2) is 18.2 Å². The van der Waals surface area contributed by atoms with Gasteiger partial charge in [0.1, 0.15) is 0 Å². The van der Waals surface area contributed by atoms with E-state index in [1.165, 1.54) is 16.6 Å². The predicted octanol–water partition coefficient (Wildman–Crippen LogP) is 3.19. The Kier molecular flexibility index (Phi) is 2.72. The molecule has 2 aromatic rings. The largest absolute Gasteiger partial charge is 0.358 e. The normalized spacial score (nSPS) is 13.3. The van der Waals surface area contributed by atoms with Crippen LogP contribution in [0.5, 0.6) is 0 Å². The number of hydrogen-bond donors (Lipinski definition) is 2. The minimum Gasteiger partial charge on any atom is -0.358 e. The first-order chi connectivity index (χ1) is 7.13. The van der Waals surface area contributed by atoms with E-state index in [2.05, 4.69) is 18.8 Å². The Balaban J connectivity index is 2.70. The molecule has 2 rings (SSSR count). The highest BCUT2D eigenvalue weighted by atomic mass is 35.5. The van der Waals surface area contributed by atoms with Crippen molar-refractivity contribution in [1.82, 2.24) is 4.98 Å². The Morgan fingerprint density at radius 3 is 2.87 bits per heavy atom. The van der Waals surface area contributed by atoms with Gasteiger partial charge in [-0.05, 0) is 43.1 Å². The molecule has 3 heteroatoms. The lowest BCUT2D eigenvalue weighted by Gasteiger charge is -2.08. The number of nitrogens with one attached hydrogen (secondary N) is 1. The summed E-state index contributed by atoms with van der Waals surface area (Å²) in [5.74, 6) is 0.359. The molecule has 0 amide bonds. The maximum absolute atomic E-state index is 6.00. The molecule has 3 N–H and O–H groups in total. The van der Waals surface area contributed by atoms with Crippen LogP contribution in [0.2, 0.25) is 5.02 Å². The highest BCUT2D eigenvalue weighted by Crippen LogP contribution is 2.30. The fourth-order valence-electron chi connectivity index (χ4n) is 2.07. The summed E-state index contributed by atoms with van der Waals surface area (Å²) in [5, 5.41) is 1.96. The third kappa shape index (κ3) is 1.75. The highest BCUT2D eigenvalue weighted by Gasteiger charge is 2.13. The van der Waals surface area contributed by atoms with Gasteiger partial charge in [0.2, 0.25) is 0 Å². The molecule has 0 aliphatic heterocycles. The molecule has 0 spiro atoms. The maximum atomic E-state index is 6.00. The Bertz CT molecular complexity index is 488. The molecule has 0 aliphatic carbocycles. The fraction of sp³-hybridized carbons (Fsp3) is 0.333. The van der Waals surface area contributed by atoms with Gasteiger partial charge in [0.25, 0.3) is 0 Å². The standard InChI is InChI=1S/C12H15ClN2/c1-7(6-14)12-8(2)15-11-4-3-9(13)5-10(11)12/h3-5,7,15H,6,14H2,1-2H3. The number of aromatic amines is 1. The van der Waals surface area contributed by atoms with Gasteiger partial charge in [0, 0.05) is 21.6 Å². The molecule has 1 aromatic carbocycles. The summed E-state index contributed by atoms with van der Waals surface area (Å²) in [4.78, 5) is 3.36. The summed E-state index contributed by atoms with van der Waals surface area (Å²) in [6, 6.07) is 5.91. The Labute approximate surface area is 94.4 Å². The molecular formula is C12H15ClN2. The quantitative estimate of drug-likeness (QED) is 0.805. The van der Waals surface area contributed by atoms with Gasteiger partial charge in [0.05, 0.1) is 0 Å². The zero-order valence-electron chi connectivity index (χ0n) is 8.97. The van der Waals surface area contributed by atoms with Crippen LogP contribution >= 0.6 is 11.6 Å². The minimum absolute atomic E-state index is 0.359. The number of aromatic nitrogens is 1. The van der Waals surface area contributed by atoms with Crippen molar-refractivity contribution >= 4 is 22.5 Å². The van der Waals surface area contributed by atoms with Gasteiger partial charge in [-0.1, -0.05) is 18.5 Å². The monoisotopic (exact) mass is 222 g/mol. The van der Waals surface area contributed by atoms with Gasteiger partial charge in [-0.3, -0.25) is 0 Å². The number of aryl methyl sites for hydroxylation is 1. The highest BCUT2D eigenvalue weighted by molar-refractivity contribution is 6.31. The van der Waals surface area contributed by atoms with Crippen molar-refractivity contribution in [3.05, 3.63) is 34.5 Å². The molecule has 1 atom stereocenters. The molecule has 0 bridgehead atoms. The first-order valence-electron chi connectivity index (χ1n) is 5.11. The Morgan fingerprint density at radius 1 is 1.47 bits per heavy atom. The van der Waals surface area contributed by atoms with E-state index in [1.54, 1.807) is 0 Å². The van der Waals surface area contributed by atoms with Crippen LogP contribution in [0, 0.1) is 6.92 Å². The van der Waals surface area contributed by atoms with E-state index in [9.17, 15) is 0 Å². The average molecular weight is 223 g/mol. The molecule has 0 fully saturated rings. The van der Waals surface area contributed by atoms with Crippen molar-refractivity contribution in [2.45, 2.75) is 19.8 Å². The molecule has 15 heavy (non-hydrogen) atoms. The van der Waals surface area contributed by atoms with E-state index in [1.807, 2.05) is 18.2 Å². The Morgan fingerprint density at radius 2 is 2.20 bits per heavy atom. The van der Waals surface area contributed by atoms with Crippen LogP contribution in [-0.2, 0) is 0 Å². The van der Waals surface area contributed by atoms with Gasteiger partial charge < -0.3 is 10.7 Å². The average Bonchev–Trinajstić information content (AvgIpc) is 2.52. The van der Waals surface area contributed by atoms with Crippen LogP contribution in [0.25, 0.3) is 10.9 Å². The number of H-pyrrole nitrogens is 1. The lowest BCUT2D eigenvalue weighted by atomic mass is 9.98. The zero-order chi connectivity index (χ0) is 11.0. The third-order valence-corrected chi connectivity index (χ3v) is 3.08. The second-order valence-electron chi connectivity index (χ2n) is 3.99. The van der Waals surface area contributed by atoms with E-state index in [4.69, 9.17) is 17.3 Å². The Hall–Kier alpha value is -0.990. The molecule has 1 heterocycles. The summed E-state index contributed by atoms with van der Waals surface area (Å²) >= 11 is 6.00. The lowest BCUT2D eigenvalue weighted by Crippen LogP contribution is -2.09. The van der Waals surface area contributed by atoms with Gasteiger partial charge in [-0.2, -0.15) is 0 Å². The van der Waals surface area contributed by atoms with Crippen molar-refractivity contribution in [3.8, 4) is 0 Å². The third-order valence-electron chi connectivity index (χ3n) is 2.84. The minimum atomic E-state index is 0.359. The van der Waals surface area contributed by atoms with Crippen molar-refractivity contribution < 1.29 is 0 Å². The molecule has 80 valence electrons. The number of benzene rings is 1. The molecule has 0 saturated carbocycles. The summed E-state index contributed by atoms with van der Waals surface area (Å²) in [7, 11) is 0. The molecule has 1 unspecified atom stereocenters. The van der Waals surface area contributed by atoms with Crippen molar-refractivity contribution in [2.75, 3.05) is 6.54 Å². The van der Waals surface area contributed by atoms with Gasteiger partial charge in [0.15, 0.2) is 0 Å². The van der Waals surface area contributed by atoms with E-state index >= 15 is 0 Å². The molecule has 2 nitrogen and oxygen atoms in total. The molecule has 0 radical (unpaired) electrons. The zero-order valence-corrected chi connectivity index (χ0v) is 9.73. The number of fused-ring (bicyclic) bond motifs is 1. The van der Waals surface area contributed by atoms with Gasteiger partial charge in [-0.25, -0.2) is 0 Å². The topological polar surface area (TPSA) is 41.8 Å². The SMILES string of the molecule is Cc1[nH]c2ccc(Cl)cc2c1C(C)CN. The van der Waals surface area contributed by atoms with E-state index in [-0.39, 0.29) is 0 Å². The number of hydrogen-bond acceptors (Lipinski definition) is 1. The van der Waals surface area contributed by atoms with Gasteiger partial charge in [-0.15, -0.1) is 0 Å². The van der Waals surface area contributed by atoms with Crippen LogP contribution in [0.4, 0.5) is 0 Å². The lowest BCUT2D eigenvalue weighted by molar-refractivity contribution is 0.773. The number of nitrogens with two attached hydrogens (primary N) is 1. The molecule has 0 aliphatic rings. The van der Waals surface area contributed by atoms with Crippen LogP contribution in [-0.4, -0.2) is 11.5 Å². The number of rotatable bonds is 2. The number of halogens is 1. The maximum Gasteiger partial charge on any atom is 0.0460 e. The van der Waals surface area contributed by atoms with Gasteiger partial charge >= 0.3 is 0 Å². The van der Waals surface area contributed by atoms with E-state index < -0.39 is 0 Å². The molecule has 0 saturated heterocycles. The summed E-state index contributed by atoms with van der Waals surface area (Å²) in [5.41, 5.74) is 9.32. The van der Waals surface area contributed by atoms with Crippen molar-refractivity contribution in [2.24, 2.45) is 5.73 Å². The van der Waals surface area contributed by atoms with E-state index in [0.29, 0.717) is 12.5 Å². The second-order valence-corrected chi connectivity index (χ2v) is 4.43. The second kappa shape index (κ2) is 3.87. The first kappa shape index (κ1) is 10.5. The summed E-state index contributed by atoms with van der Waals surface area (Å²) in [6.07, 6.45) is 0. The predicted molar refractivity (Wildman–Crippen MR) is 65.5 cm³/mol. The first-order valence-corrected chi connectivity index (χ1v) is 5.49. The molecular weight excluding hydrogens is 208 g/mol. The summed E-state index contributed by atoms with van der Waals surface area (Å²) in [6.45, 7) is 4.87.